The van der Waals surface area contributed by atoms with Crippen molar-refractivity contribution in [3.05, 3.63) is 69.0 Å². The SMILES string of the molecule is Cn1c(=O)n(C)c2cc(/C=C3/Sc4ccccc4C3=O)ccc21. The number of aryl methyl sites for hydroxylation is 2. The Bertz CT molecular complexity index is 1060. The number of benzene rings is 2. The molecule has 2 aromatic carbocycles. The fourth-order valence-electron chi connectivity index (χ4n) is 2.90. The molecule has 2 heterocycles. The normalized spacial score (nSPS) is 15.6. The molecule has 4 rings (SSSR count). The van der Waals surface area contributed by atoms with Gasteiger partial charge in [0.25, 0.3) is 0 Å². The Hall–Kier alpha value is -2.53. The number of thioether (sulfide) groups is 1. The molecule has 1 aliphatic rings. The maximum absolute atomic E-state index is 12.4. The van der Waals surface area contributed by atoms with E-state index < -0.39 is 0 Å². The van der Waals surface area contributed by atoms with Crippen LogP contribution in [-0.2, 0) is 14.1 Å². The summed E-state index contributed by atoms with van der Waals surface area (Å²) in [7, 11) is 3.52. The van der Waals surface area contributed by atoms with Gasteiger partial charge < -0.3 is 0 Å². The Kier molecular flexibility index (Phi) is 3.06. The van der Waals surface area contributed by atoms with Gasteiger partial charge in [-0.1, -0.05) is 30.0 Å². The van der Waals surface area contributed by atoms with E-state index in [1.165, 1.54) is 11.8 Å². The molecule has 0 atom stereocenters. The maximum atomic E-state index is 12.4. The van der Waals surface area contributed by atoms with Crippen LogP contribution in [0.2, 0.25) is 0 Å². The Balaban J connectivity index is 1.81. The molecule has 1 aromatic heterocycles. The second kappa shape index (κ2) is 4.99. The summed E-state index contributed by atoms with van der Waals surface area (Å²) in [6, 6.07) is 13.4. The number of hydrogen-bond donors (Lipinski definition) is 0. The van der Waals surface area contributed by atoms with E-state index in [0.29, 0.717) is 4.91 Å². The molecule has 0 radical (unpaired) electrons. The first-order valence-electron chi connectivity index (χ1n) is 7.25. The van der Waals surface area contributed by atoms with Crippen molar-refractivity contribution in [3.63, 3.8) is 0 Å². The predicted molar refractivity (Wildman–Crippen MR) is 92.8 cm³/mol. The molecule has 5 heteroatoms. The zero-order valence-corrected chi connectivity index (χ0v) is 13.6. The molecule has 0 N–H and O–H groups in total. The third-order valence-corrected chi connectivity index (χ3v) is 5.27. The molecular formula is C18H14N2O2S. The monoisotopic (exact) mass is 322 g/mol. The molecule has 4 nitrogen and oxygen atoms in total. The van der Waals surface area contributed by atoms with Gasteiger partial charge in [-0.3, -0.25) is 13.9 Å². The first-order chi connectivity index (χ1) is 11.1. The van der Waals surface area contributed by atoms with Crippen molar-refractivity contribution in [1.29, 1.82) is 0 Å². The molecule has 0 unspecified atom stereocenters. The van der Waals surface area contributed by atoms with E-state index >= 15 is 0 Å². The van der Waals surface area contributed by atoms with Gasteiger partial charge in [0, 0.05) is 24.6 Å². The van der Waals surface area contributed by atoms with E-state index in [1.807, 2.05) is 48.5 Å². The minimum atomic E-state index is -0.0523. The van der Waals surface area contributed by atoms with Gasteiger partial charge in [-0.05, 0) is 35.9 Å². The van der Waals surface area contributed by atoms with Gasteiger partial charge in [-0.25, -0.2) is 4.79 Å². The summed E-state index contributed by atoms with van der Waals surface area (Å²) >= 11 is 1.49. The first-order valence-corrected chi connectivity index (χ1v) is 8.06. The van der Waals surface area contributed by atoms with Crippen LogP contribution in [0.3, 0.4) is 0 Å². The molecule has 0 aliphatic carbocycles. The summed E-state index contributed by atoms with van der Waals surface area (Å²) in [5.41, 5.74) is 3.37. The molecule has 0 amide bonds. The number of imidazole rings is 1. The molecule has 0 spiro atoms. The summed E-state index contributed by atoms with van der Waals surface area (Å²) in [5, 5.41) is 0. The highest BCUT2D eigenvalue weighted by molar-refractivity contribution is 8.04. The zero-order chi connectivity index (χ0) is 16.1. The molecule has 0 saturated heterocycles. The minimum absolute atomic E-state index is 0.0523. The number of hydrogen-bond acceptors (Lipinski definition) is 3. The van der Waals surface area contributed by atoms with Crippen molar-refractivity contribution in [1.82, 2.24) is 9.13 Å². The lowest BCUT2D eigenvalue weighted by Crippen LogP contribution is -2.19. The fraction of sp³-hybridized carbons (Fsp3) is 0.111. The zero-order valence-electron chi connectivity index (χ0n) is 12.7. The molecule has 114 valence electrons. The van der Waals surface area contributed by atoms with E-state index in [-0.39, 0.29) is 11.5 Å². The molecular weight excluding hydrogens is 308 g/mol. The number of aromatic nitrogens is 2. The standard InChI is InChI=1S/C18H14N2O2S/c1-19-13-8-7-11(9-14(13)20(2)18(19)22)10-16-17(21)12-5-3-4-6-15(12)23-16/h3-10H,1-2H3/b16-10+. The van der Waals surface area contributed by atoms with E-state index in [9.17, 15) is 9.59 Å². The van der Waals surface area contributed by atoms with Crippen molar-refractivity contribution >= 4 is 34.7 Å². The van der Waals surface area contributed by atoms with Crippen LogP contribution in [0.1, 0.15) is 15.9 Å². The summed E-state index contributed by atoms with van der Waals surface area (Å²) in [4.78, 5) is 26.1. The van der Waals surface area contributed by atoms with Gasteiger partial charge in [-0.15, -0.1) is 0 Å². The van der Waals surface area contributed by atoms with Crippen molar-refractivity contribution in [2.45, 2.75) is 4.90 Å². The third-order valence-electron chi connectivity index (χ3n) is 4.17. The molecule has 23 heavy (non-hydrogen) atoms. The summed E-state index contributed by atoms with van der Waals surface area (Å²) < 4.78 is 3.24. The Morgan fingerprint density at radius 1 is 0.957 bits per heavy atom. The number of carbonyl (C=O) groups is 1. The van der Waals surface area contributed by atoms with E-state index in [4.69, 9.17) is 0 Å². The van der Waals surface area contributed by atoms with Crippen LogP contribution in [0.4, 0.5) is 0 Å². The predicted octanol–water partition coefficient (Wildman–Crippen LogP) is 3.21. The minimum Gasteiger partial charge on any atom is -0.295 e. The second-order valence-corrected chi connectivity index (χ2v) is 6.67. The Morgan fingerprint density at radius 2 is 1.70 bits per heavy atom. The highest BCUT2D eigenvalue weighted by atomic mass is 32.2. The van der Waals surface area contributed by atoms with Crippen LogP contribution >= 0.6 is 11.8 Å². The summed E-state index contributed by atoms with van der Waals surface area (Å²) in [5.74, 6) is 0.0626. The highest BCUT2D eigenvalue weighted by Gasteiger charge is 2.25. The molecule has 0 fully saturated rings. The van der Waals surface area contributed by atoms with Crippen LogP contribution in [-0.4, -0.2) is 14.9 Å². The highest BCUT2D eigenvalue weighted by Crippen LogP contribution is 2.40. The van der Waals surface area contributed by atoms with E-state index in [0.717, 1.165) is 27.1 Å². The van der Waals surface area contributed by atoms with Gasteiger partial charge in [-0.2, -0.15) is 0 Å². The van der Waals surface area contributed by atoms with Crippen molar-refractivity contribution in [2.24, 2.45) is 14.1 Å². The number of rotatable bonds is 1. The fourth-order valence-corrected chi connectivity index (χ4v) is 3.95. The number of Topliss-reactive ketones (excluding diaryl/α,β-unsaturated/α-hetero) is 1. The number of fused-ring (bicyclic) bond motifs is 2. The molecule has 0 bridgehead atoms. The van der Waals surface area contributed by atoms with Crippen LogP contribution in [0.15, 0.2) is 57.1 Å². The molecule has 0 saturated carbocycles. The average Bonchev–Trinajstić information content (AvgIpc) is 2.99. The number of nitrogens with zero attached hydrogens (tertiary/aromatic N) is 2. The van der Waals surface area contributed by atoms with Crippen LogP contribution < -0.4 is 5.69 Å². The van der Waals surface area contributed by atoms with Gasteiger partial charge in [0.1, 0.15) is 0 Å². The summed E-state index contributed by atoms with van der Waals surface area (Å²) in [6.45, 7) is 0. The van der Waals surface area contributed by atoms with E-state index in [1.54, 1.807) is 23.2 Å². The smallest absolute Gasteiger partial charge is 0.295 e. The Labute approximate surface area is 137 Å². The maximum Gasteiger partial charge on any atom is 0.328 e. The first kappa shape index (κ1) is 14.1. The lowest BCUT2D eigenvalue weighted by molar-refractivity contribution is 0.104. The lowest BCUT2D eigenvalue weighted by atomic mass is 10.1. The van der Waals surface area contributed by atoms with Crippen LogP contribution in [0.5, 0.6) is 0 Å². The molecule has 3 aromatic rings. The van der Waals surface area contributed by atoms with Gasteiger partial charge in [0.15, 0.2) is 0 Å². The third kappa shape index (κ3) is 2.08. The summed E-state index contributed by atoms with van der Waals surface area (Å²) in [6.07, 6.45) is 1.89. The van der Waals surface area contributed by atoms with Gasteiger partial charge in [0.2, 0.25) is 5.78 Å². The largest absolute Gasteiger partial charge is 0.328 e. The topological polar surface area (TPSA) is 44.0 Å². The number of carbonyl (C=O) groups excluding carboxylic acids is 1. The Morgan fingerprint density at radius 3 is 2.48 bits per heavy atom. The van der Waals surface area contributed by atoms with Crippen LogP contribution in [0.25, 0.3) is 17.1 Å². The quantitative estimate of drug-likeness (QED) is 0.646. The van der Waals surface area contributed by atoms with Crippen molar-refractivity contribution in [2.75, 3.05) is 0 Å². The number of allylic oxidation sites excluding steroid dienone is 1. The number of ketones is 1. The average molecular weight is 322 g/mol. The molecule has 1 aliphatic heterocycles. The second-order valence-electron chi connectivity index (χ2n) is 5.58. The van der Waals surface area contributed by atoms with Gasteiger partial charge in [0.05, 0.1) is 15.9 Å². The van der Waals surface area contributed by atoms with E-state index in [2.05, 4.69) is 0 Å². The van der Waals surface area contributed by atoms with Gasteiger partial charge >= 0.3 is 5.69 Å². The van der Waals surface area contributed by atoms with Crippen molar-refractivity contribution in [3.8, 4) is 0 Å². The lowest BCUT2D eigenvalue weighted by Gasteiger charge is -1.99. The van der Waals surface area contributed by atoms with Crippen molar-refractivity contribution < 1.29 is 4.79 Å². The van der Waals surface area contributed by atoms with Crippen LogP contribution in [0, 0.1) is 0 Å².